The van der Waals surface area contributed by atoms with Gasteiger partial charge in [0.05, 0.1) is 16.2 Å². The molecule has 0 unspecified atom stereocenters. The molecule has 0 atom stereocenters. The molecule has 0 fully saturated rings. The average molecular weight is 291 g/mol. The quantitative estimate of drug-likeness (QED) is 0.637. The van der Waals surface area contributed by atoms with Crippen LogP contribution in [0, 0.1) is 17.0 Å². The predicted octanol–water partition coefficient (Wildman–Crippen LogP) is 1.97. The van der Waals surface area contributed by atoms with Crippen LogP contribution in [0.4, 0.5) is 17.4 Å². The predicted molar refractivity (Wildman–Crippen MR) is 74.2 cm³/mol. The number of nitrogens with one attached hydrogen (secondary N) is 2. The van der Waals surface area contributed by atoms with E-state index in [2.05, 4.69) is 20.8 Å². The van der Waals surface area contributed by atoms with E-state index in [0.29, 0.717) is 12.2 Å². The van der Waals surface area contributed by atoms with Crippen LogP contribution in [0.1, 0.15) is 23.0 Å². The van der Waals surface area contributed by atoms with Crippen LogP contribution < -0.4 is 10.6 Å². The molecule has 0 aromatic carbocycles. The van der Waals surface area contributed by atoms with Gasteiger partial charge < -0.3 is 9.84 Å². The number of aryl methyl sites for hydroxylation is 1. The molecule has 1 amide bonds. The Bertz CT molecular complexity index is 682. The number of rotatable bonds is 5. The molecule has 2 heterocycles. The Kier molecular flexibility index (Phi) is 4.12. The van der Waals surface area contributed by atoms with Gasteiger partial charge in [0.25, 0.3) is 11.6 Å². The second-order valence-electron chi connectivity index (χ2n) is 4.16. The molecule has 2 rings (SSSR count). The van der Waals surface area contributed by atoms with E-state index in [9.17, 15) is 14.9 Å². The third-order valence-corrected chi connectivity index (χ3v) is 2.54. The summed E-state index contributed by atoms with van der Waals surface area (Å²) in [5.74, 6) is -0.151. The topological polar surface area (TPSA) is 123 Å². The van der Waals surface area contributed by atoms with Gasteiger partial charge in [-0.1, -0.05) is 5.16 Å². The minimum absolute atomic E-state index is 0.0557. The summed E-state index contributed by atoms with van der Waals surface area (Å²) in [5.41, 5.74) is 0.394. The summed E-state index contributed by atoms with van der Waals surface area (Å²) in [4.78, 5) is 26.3. The summed E-state index contributed by atoms with van der Waals surface area (Å²) in [6.07, 6.45) is 1.09. The largest absolute Gasteiger partial charge is 0.370 e. The number of pyridine rings is 1. The highest BCUT2D eigenvalue weighted by molar-refractivity contribution is 6.07. The van der Waals surface area contributed by atoms with Crippen LogP contribution in [0.5, 0.6) is 0 Å². The number of carbonyl (C=O) groups is 1. The van der Waals surface area contributed by atoms with Crippen LogP contribution in [0.2, 0.25) is 0 Å². The Morgan fingerprint density at radius 2 is 2.24 bits per heavy atom. The number of amides is 1. The van der Waals surface area contributed by atoms with Gasteiger partial charge in [-0.05, 0) is 13.8 Å². The number of anilines is 2. The van der Waals surface area contributed by atoms with E-state index in [1.54, 1.807) is 6.92 Å². The van der Waals surface area contributed by atoms with Crippen LogP contribution in [-0.4, -0.2) is 27.5 Å². The normalized spacial score (nSPS) is 10.2. The first-order chi connectivity index (χ1) is 10.0. The summed E-state index contributed by atoms with van der Waals surface area (Å²) >= 11 is 0. The third-order valence-electron chi connectivity index (χ3n) is 2.54. The average Bonchev–Trinajstić information content (AvgIpc) is 2.84. The van der Waals surface area contributed by atoms with E-state index < -0.39 is 10.8 Å². The van der Waals surface area contributed by atoms with E-state index in [4.69, 9.17) is 4.52 Å². The van der Waals surface area contributed by atoms with Gasteiger partial charge in [0.15, 0.2) is 0 Å². The molecule has 21 heavy (non-hydrogen) atoms. The lowest BCUT2D eigenvalue weighted by molar-refractivity contribution is -0.385. The highest BCUT2D eigenvalue weighted by atomic mass is 16.6. The Labute approximate surface area is 119 Å². The molecule has 0 saturated carbocycles. The smallest absolute Gasteiger partial charge is 0.288 e. The molecule has 2 N–H and O–H groups in total. The summed E-state index contributed by atoms with van der Waals surface area (Å²) in [5, 5.41) is 19.8. The first-order valence-electron chi connectivity index (χ1n) is 6.14. The maximum atomic E-state index is 12.2. The first kappa shape index (κ1) is 14.4. The Morgan fingerprint density at radius 1 is 1.48 bits per heavy atom. The van der Waals surface area contributed by atoms with Crippen molar-refractivity contribution in [3.8, 4) is 0 Å². The van der Waals surface area contributed by atoms with Gasteiger partial charge in [0.2, 0.25) is 5.88 Å². The molecule has 2 aromatic rings. The zero-order valence-corrected chi connectivity index (χ0v) is 11.4. The Hall–Kier alpha value is -2.97. The minimum atomic E-state index is -0.613. The van der Waals surface area contributed by atoms with Crippen molar-refractivity contribution in [3.05, 3.63) is 39.7 Å². The fourth-order valence-electron chi connectivity index (χ4n) is 1.64. The first-order valence-corrected chi connectivity index (χ1v) is 6.14. The lowest BCUT2D eigenvalue weighted by Gasteiger charge is -2.08. The second-order valence-corrected chi connectivity index (χ2v) is 4.16. The summed E-state index contributed by atoms with van der Waals surface area (Å²) < 4.78 is 4.88. The van der Waals surface area contributed by atoms with Crippen LogP contribution in [0.25, 0.3) is 0 Å². The van der Waals surface area contributed by atoms with Crippen LogP contribution in [0.3, 0.4) is 0 Å². The van der Waals surface area contributed by atoms with E-state index in [1.165, 1.54) is 6.07 Å². The monoisotopic (exact) mass is 291 g/mol. The molecule has 0 aliphatic heterocycles. The van der Waals surface area contributed by atoms with Crippen molar-refractivity contribution in [3.63, 3.8) is 0 Å². The summed E-state index contributed by atoms with van der Waals surface area (Å²) in [7, 11) is 0. The van der Waals surface area contributed by atoms with Crippen molar-refractivity contribution < 1.29 is 14.2 Å². The van der Waals surface area contributed by atoms with E-state index in [-0.39, 0.29) is 23.0 Å². The standard InChI is InChI=1S/C12H13N5O4/c1-3-13-11-9(5-8(6-14-11)17(19)20)12(18)15-10-4-7(2)16-21-10/h4-6H,3H2,1-2H3,(H,13,14)(H,15,18). The molecular weight excluding hydrogens is 278 g/mol. The maximum absolute atomic E-state index is 12.2. The summed E-state index contributed by atoms with van der Waals surface area (Å²) in [6, 6.07) is 2.69. The number of hydrogen-bond donors (Lipinski definition) is 2. The SMILES string of the molecule is CCNc1ncc([N+](=O)[O-])cc1C(=O)Nc1cc(C)no1. The molecule has 9 nitrogen and oxygen atoms in total. The van der Waals surface area contributed by atoms with E-state index >= 15 is 0 Å². The molecule has 9 heteroatoms. The summed E-state index contributed by atoms with van der Waals surface area (Å²) in [6.45, 7) is 4.05. The van der Waals surface area contributed by atoms with Gasteiger partial charge in [0.1, 0.15) is 12.0 Å². The van der Waals surface area contributed by atoms with Gasteiger partial charge in [-0.2, -0.15) is 0 Å². The van der Waals surface area contributed by atoms with Gasteiger partial charge in [-0.3, -0.25) is 20.2 Å². The van der Waals surface area contributed by atoms with Gasteiger partial charge in [0, 0.05) is 18.7 Å². The second kappa shape index (κ2) is 5.99. The third kappa shape index (κ3) is 3.32. The number of carbonyl (C=O) groups excluding carboxylic acids is 1. The number of nitrogens with zero attached hydrogens (tertiary/aromatic N) is 3. The van der Waals surface area contributed by atoms with Crippen molar-refractivity contribution in [2.45, 2.75) is 13.8 Å². The molecular formula is C12H13N5O4. The van der Waals surface area contributed by atoms with Crippen molar-refractivity contribution >= 4 is 23.3 Å². The molecule has 0 bridgehead atoms. The van der Waals surface area contributed by atoms with Crippen molar-refractivity contribution in [1.82, 2.24) is 10.1 Å². The zero-order valence-electron chi connectivity index (χ0n) is 11.4. The van der Waals surface area contributed by atoms with Crippen LogP contribution >= 0.6 is 0 Å². The Balaban J connectivity index is 2.32. The molecule has 0 aliphatic rings. The number of nitro groups is 1. The van der Waals surface area contributed by atoms with Crippen molar-refractivity contribution in [2.75, 3.05) is 17.2 Å². The Morgan fingerprint density at radius 3 is 2.81 bits per heavy atom. The fourth-order valence-corrected chi connectivity index (χ4v) is 1.64. The van der Waals surface area contributed by atoms with Crippen molar-refractivity contribution in [2.24, 2.45) is 0 Å². The highest BCUT2D eigenvalue weighted by Crippen LogP contribution is 2.20. The maximum Gasteiger partial charge on any atom is 0.288 e. The number of hydrogen-bond acceptors (Lipinski definition) is 7. The molecule has 0 radical (unpaired) electrons. The van der Waals surface area contributed by atoms with Crippen LogP contribution in [-0.2, 0) is 0 Å². The molecule has 0 aliphatic carbocycles. The van der Waals surface area contributed by atoms with Gasteiger partial charge >= 0.3 is 0 Å². The minimum Gasteiger partial charge on any atom is -0.370 e. The molecule has 0 spiro atoms. The highest BCUT2D eigenvalue weighted by Gasteiger charge is 2.19. The molecule has 0 saturated heterocycles. The van der Waals surface area contributed by atoms with Gasteiger partial charge in [-0.15, -0.1) is 0 Å². The fraction of sp³-hybridized carbons (Fsp3) is 0.250. The lowest BCUT2D eigenvalue weighted by atomic mass is 10.2. The van der Waals surface area contributed by atoms with E-state index in [0.717, 1.165) is 12.3 Å². The van der Waals surface area contributed by atoms with E-state index in [1.807, 2.05) is 6.92 Å². The van der Waals surface area contributed by atoms with Gasteiger partial charge in [-0.25, -0.2) is 4.98 Å². The lowest BCUT2D eigenvalue weighted by Crippen LogP contribution is -2.16. The zero-order chi connectivity index (χ0) is 15.4. The van der Waals surface area contributed by atoms with Crippen LogP contribution in [0.15, 0.2) is 22.9 Å². The van der Waals surface area contributed by atoms with Crippen molar-refractivity contribution in [1.29, 1.82) is 0 Å². The molecule has 2 aromatic heterocycles. The molecule has 110 valence electrons. The number of aromatic nitrogens is 2.